The Balaban J connectivity index is 1.55. The van der Waals surface area contributed by atoms with Gasteiger partial charge in [0.1, 0.15) is 0 Å². The third-order valence-corrected chi connectivity index (χ3v) is 10.6. The highest BCUT2D eigenvalue weighted by atomic mass is 32.2. The summed E-state index contributed by atoms with van der Waals surface area (Å²) >= 11 is 0. The summed E-state index contributed by atoms with van der Waals surface area (Å²) < 4.78 is 119. The van der Waals surface area contributed by atoms with Crippen LogP contribution in [0.1, 0.15) is 54.0 Å². The number of hydrogen-bond acceptors (Lipinski definition) is 3. The van der Waals surface area contributed by atoms with Gasteiger partial charge in [-0.3, -0.25) is 4.79 Å². The number of nitrogens with zero attached hydrogens (tertiary/aromatic N) is 1. The molecule has 12 heteroatoms. The highest BCUT2D eigenvalue weighted by Gasteiger charge is 2.56. The molecule has 2 aromatic rings. The number of sulfone groups is 1. The molecule has 2 saturated heterocycles. The van der Waals surface area contributed by atoms with Crippen LogP contribution in [0.3, 0.4) is 0 Å². The highest BCUT2D eigenvalue weighted by Crippen LogP contribution is 2.51. The number of amides is 1. The van der Waals surface area contributed by atoms with Gasteiger partial charge in [-0.2, -0.15) is 26.3 Å². The first-order valence-corrected chi connectivity index (χ1v) is 14.8. The Kier molecular flexibility index (Phi) is 6.83. The molecule has 0 spiro atoms. The molecule has 2 fully saturated rings. The van der Waals surface area contributed by atoms with Gasteiger partial charge in [-0.1, -0.05) is 30.3 Å². The predicted molar refractivity (Wildman–Crippen MR) is 133 cm³/mol. The first kappa shape index (κ1) is 28.9. The van der Waals surface area contributed by atoms with E-state index < -0.39 is 56.4 Å². The number of carbonyl (C=O) groups is 1. The molecule has 2 heterocycles. The lowest BCUT2D eigenvalue weighted by Gasteiger charge is -2.44. The fourth-order valence-electron chi connectivity index (χ4n) is 6.69. The Labute approximate surface area is 227 Å². The van der Waals surface area contributed by atoms with Gasteiger partial charge < -0.3 is 4.90 Å². The Morgan fingerprint density at radius 1 is 0.975 bits per heavy atom. The quantitative estimate of drug-likeness (QED) is 0.416. The van der Waals surface area contributed by atoms with E-state index in [0.717, 1.165) is 18.2 Å². The number of alkyl halides is 7. The van der Waals surface area contributed by atoms with Crippen molar-refractivity contribution in [1.82, 2.24) is 4.90 Å². The van der Waals surface area contributed by atoms with Crippen molar-refractivity contribution >= 4 is 15.7 Å². The van der Waals surface area contributed by atoms with Crippen LogP contribution < -0.4 is 0 Å². The predicted octanol–water partition coefficient (Wildman–Crippen LogP) is 5.91. The summed E-state index contributed by atoms with van der Waals surface area (Å²) in [5, 5.41) is 0. The molecule has 0 N–H and O–H groups in total. The lowest BCUT2D eigenvalue weighted by molar-refractivity contribution is -0.228. The van der Waals surface area contributed by atoms with Gasteiger partial charge in [-0.25, -0.2) is 12.8 Å². The maximum Gasteiger partial charge on any atom is 0.426 e. The molecule has 4 nitrogen and oxygen atoms in total. The van der Waals surface area contributed by atoms with Crippen LogP contribution in [-0.4, -0.2) is 49.5 Å². The van der Waals surface area contributed by atoms with Crippen molar-refractivity contribution in [3.8, 4) is 0 Å². The zero-order valence-corrected chi connectivity index (χ0v) is 22.4. The summed E-state index contributed by atoms with van der Waals surface area (Å²) in [7, 11) is -3.33. The van der Waals surface area contributed by atoms with E-state index in [9.17, 15) is 43.9 Å². The van der Waals surface area contributed by atoms with E-state index in [4.69, 9.17) is 0 Å². The van der Waals surface area contributed by atoms with Crippen molar-refractivity contribution in [3.05, 3.63) is 70.3 Å². The highest BCUT2D eigenvalue weighted by molar-refractivity contribution is 7.91. The largest absolute Gasteiger partial charge is 0.426 e. The van der Waals surface area contributed by atoms with Gasteiger partial charge >= 0.3 is 12.4 Å². The van der Waals surface area contributed by atoms with E-state index in [-0.39, 0.29) is 43.2 Å². The van der Waals surface area contributed by atoms with E-state index >= 15 is 0 Å². The van der Waals surface area contributed by atoms with Gasteiger partial charge in [0, 0.05) is 18.0 Å². The lowest BCUT2D eigenvalue weighted by atomic mass is 9.63. The molecular formula is C28H28F7NO3S. The van der Waals surface area contributed by atoms with Gasteiger partial charge in [0.25, 0.3) is 0 Å². The number of aryl methyl sites for hydroxylation is 1. The molecule has 0 aromatic heterocycles. The maximum atomic E-state index is 14.8. The summed E-state index contributed by atoms with van der Waals surface area (Å²) in [6, 6.07) is 7.96. The van der Waals surface area contributed by atoms with E-state index in [1.165, 1.54) is 24.3 Å². The molecule has 2 aromatic carbocycles. The van der Waals surface area contributed by atoms with Crippen LogP contribution in [0.4, 0.5) is 30.7 Å². The summed E-state index contributed by atoms with van der Waals surface area (Å²) in [6.07, 6.45) is -8.25. The second-order valence-corrected chi connectivity index (χ2v) is 13.6. The van der Waals surface area contributed by atoms with Gasteiger partial charge in [-0.15, -0.1) is 0 Å². The Hall–Kier alpha value is -2.63. The third kappa shape index (κ3) is 4.90. The molecule has 3 aliphatic rings. The Morgan fingerprint density at radius 3 is 2.20 bits per heavy atom. The van der Waals surface area contributed by atoms with Crippen LogP contribution in [0.15, 0.2) is 42.5 Å². The molecule has 5 rings (SSSR count). The summed E-state index contributed by atoms with van der Waals surface area (Å²) in [5.74, 6) is -1.30. The summed E-state index contributed by atoms with van der Waals surface area (Å²) in [6.45, 7) is 0.731. The second kappa shape index (κ2) is 9.46. The number of carbonyl (C=O) groups excluding carboxylic acids is 1. The molecule has 0 bridgehead atoms. The topological polar surface area (TPSA) is 54.5 Å². The van der Waals surface area contributed by atoms with Crippen LogP contribution in [0.2, 0.25) is 0 Å². The van der Waals surface area contributed by atoms with Crippen molar-refractivity contribution in [2.75, 3.05) is 18.1 Å². The third-order valence-electron chi connectivity index (χ3n) is 8.88. The minimum atomic E-state index is -5.13. The fraction of sp³-hybridized carbons (Fsp3) is 0.536. The molecular weight excluding hydrogens is 563 g/mol. The molecule has 0 saturated carbocycles. The van der Waals surface area contributed by atoms with Crippen LogP contribution in [0.25, 0.3) is 0 Å². The number of fused-ring (bicyclic) bond motifs is 3. The van der Waals surface area contributed by atoms with E-state index in [1.54, 1.807) is 4.90 Å². The molecule has 2 aliphatic heterocycles. The van der Waals surface area contributed by atoms with Crippen LogP contribution in [0, 0.1) is 5.92 Å². The monoisotopic (exact) mass is 591 g/mol. The average Bonchev–Trinajstić information content (AvgIpc) is 3.42. The summed E-state index contributed by atoms with van der Waals surface area (Å²) in [5.41, 5.74) is -4.08. The molecule has 4 unspecified atom stereocenters. The Morgan fingerprint density at radius 2 is 1.62 bits per heavy atom. The number of benzene rings is 2. The van der Waals surface area contributed by atoms with Crippen molar-refractivity contribution in [2.24, 2.45) is 5.92 Å². The van der Waals surface area contributed by atoms with Gasteiger partial charge in [0.15, 0.2) is 9.84 Å². The molecule has 1 aliphatic carbocycles. The zero-order valence-electron chi connectivity index (χ0n) is 21.6. The number of rotatable bonds is 4. The number of hydrogen-bond donors (Lipinski definition) is 0. The van der Waals surface area contributed by atoms with Crippen molar-refractivity contribution in [1.29, 1.82) is 0 Å². The van der Waals surface area contributed by atoms with Crippen LogP contribution in [0.5, 0.6) is 0 Å². The second-order valence-electron chi connectivity index (χ2n) is 11.3. The molecule has 0 radical (unpaired) electrons. The first-order valence-electron chi connectivity index (χ1n) is 13.0. The minimum Gasteiger partial charge on any atom is -0.338 e. The summed E-state index contributed by atoms with van der Waals surface area (Å²) in [4.78, 5) is 15.2. The van der Waals surface area contributed by atoms with E-state index in [1.807, 2.05) is 0 Å². The van der Waals surface area contributed by atoms with Gasteiger partial charge in [-0.05, 0) is 73.4 Å². The first-order chi connectivity index (χ1) is 18.4. The van der Waals surface area contributed by atoms with Crippen molar-refractivity contribution < 1.29 is 43.9 Å². The number of likely N-dealkylation sites (tertiary alicyclic amines) is 1. The smallest absolute Gasteiger partial charge is 0.338 e. The zero-order chi connectivity index (χ0) is 29.3. The van der Waals surface area contributed by atoms with E-state index in [0.29, 0.717) is 36.5 Å². The van der Waals surface area contributed by atoms with Gasteiger partial charge in [0.2, 0.25) is 11.6 Å². The maximum absolute atomic E-state index is 14.8. The molecule has 40 heavy (non-hydrogen) atoms. The molecule has 4 atom stereocenters. The molecule has 218 valence electrons. The minimum absolute atomic E-state index is 0.0780. The standard InChI is InChI=1S/C28H28F7NO3S/c1-25(29,28(33,34)35)21-7-8-22-18(14-21)4-9-23-26(22,15-17-2-5-20(6-3-17)27(30,31)32)11-12-36(23)24(37)19-10-13-40(38,39)16-19/h2-3,5-8,14,19,23H,4,9-13,15-16H2,1H3. The molecule has 1 amide bonds. The Bertz CT molecular complexity index is 1420. The average molecular weight is 592 g/mol. The van der Waals surface area contributed by atoms with Gasteiger partial charge in [0.05, 0.1) is 23.0 Å². The van der Waals surface area contributed by atoms with Crippen molar-refractivity contribution in [2.45, 2.75) is 68.5 Å². The van der Waals surface area contributed by atoms with Crippen LogP contribution >= 0.6 is 0 Å². The number of halogens is 7. The van der Waals surface area contributed by atoms with Crippen molar-refractivity contribution in [3.63, 3.8) is 0 Å². The fourth-order valence-corrected chi connectivity index (χ4v) is 8.42. The lowest BCUT2D eigenvalue weighted by Crippen LogP contribution is -2.50. The van der Waals surface area contributed by atoms with E-state index in [2.05, 4.69) is 0 Å². The van der Waals surface area contributed by atoms with Crippen LogP contribution in [-0.2, 0) is 44.7 Å². The normalized spacial score (nSPS) is 27.6. The SMILES string of the molecule is CC(F)(c1ccc2c(c1)CCC1N(C(=O)C3CCS(=O)(=O)C3)CCC21Cc1ccc(C(F)(F)F)cc1)C(F)(F)F.